The van der Waals surface area contributed by atoms with Gasteiger partial charge < -0.3 is 10.1 Å². The number of Topliss-reactive ketones (excluding diaryl/α,β-unsaturated/α-hetero) is 1. The van der Waals surface area contributed by atoms with E-state index in [1.54, 1.807) is 12.1 Å². The zero-order chi connectivity index (χ0) is 25.3. The predicted molar refractivity (Wildman–Crippen MR) is 128 cm³/mol. The number of halogens is 2. The molecule has 1 saturated carbocycles. The summed E-state index contributed by atoms with van der Waals surface area (Å²) in [4.78, 5) is 34.9. The molecule has 1 N–H and O–H groups in total. The molecule has 5 rings (SSSR count). The second-order valence-electron chi connectivity index (χ2n) is 9.42. The van der Waals surface area contributed by atoms with Crippen molar-refractivity contribution in [1.29, 1.82) is 0 Å². The number of nitrogens with zero attached hydrogens (tertiary/aromatic N) is 3. The van der Waals surface area contributed by atoms with Crippen LogP contribution in [0.25, 0.3) is 0 Å². The van der Waals surface area contributed by atoms with Crippen molar-refractivity contribution in [2.75, 3.05) is 13.2 Å². The molecule has 2 atom stereocenters. The highest BCUT2D eigenvalue weighted by molar-refractivity contribution is 6.00. The number of rotatable bonds is 8. The van der Waals surface area contributed by atoms with Crippen LogP contribution < -0.4 is 10.1 Å². The molecule has 0 bridgehead atoms. The number of amides is 1. The zero-order valence-electron chi connectivity index (χ0n) is 19.8. The van der Waals surface area contributed by atoms with E-state index in [1.807, 2.05) is 37.3 Å². The lowest BCUT2D eigenvalue weighted by Crippen LogP contribution is -2.34. The molecule has 36 heavy (non-hydrogen) atoms. The lowest BCUT2D eigenvalue weighted by atomic mass is 9.97. The molecule has 1 amide bonds. The minimum atomic E-state index is -2.62. The number of aromatic nitrogens is 2. The maximum atomic E-state index is 13.1. The lowest BCUT2D eigenvalue weighted by molar-refractivity contribution is 0.0848. The van der Waals surface area contributed by atoms with E-state index in [1.165, 1.54) is 18.7 Å². The highest BCUT2D eigenvalue weighted by atomic mass is 19.3. The van der Waals surface area contributed by atoms with Crippen molar-refractivity contribution in [2.45, 2.75) is 38.4 Å². The van der Waals surface area contributed by atoms with Gasteiger partial charge in [0.15, 0.2) is 5.78 Å². The average molecular weight is 493 g/mol. The number of benzene rings is 2. The van der Waals surface area contributed by atoms with Crippen molar-refractivity contribution in [3.8, 4) is 5.75 Å². The molecule has 3 aromatic rings. The first-order valence-corrected chi connectivity index (χ1v) is 11.8. The summed E-state index contributed by atoms with van der Waals surface area (Å²) in [7, 11) is 0. The molecular formula is C27H26F2N4O3. The zero-order valence-corrected chi connectivity index (χ0v) is 19.8. The fraction of sp³-hybridized carbons (Fsp3) is 0.333. The number of fused-ring (bicyclic) bond motifs is 1. The summed E-state index contributed by atoms with van der Waals surface area (Å²) < 4.78 is 31.6. The maximum absolute atomic E-state index is 13.1. The van der Waals surface area contributed by atoms with Crippen LogP contribution in [0.1, 0.15) is 56.8 Å². The van der Waals surface area contributed by atoms with Crippen molar-refractivity contribution in [2.24, 2.45) is 5.92 Å². The molecule has 1 aliphatic heterocycles. The van der Waals surface area contributed by atoms with E-state index in [0.717, 1.165) is 16.7 Å². The van der Waals surface area contributed by atoms with E-state index in [4.69, 9.17) is 4.74 Å². The Labute approximate surface area is 207 Å². The minimum Gasteiger partial charge on any atom is -0.493 e. The number of carbonyl (C=O) groups excluding carboxylic acids is 2. The van der Waals surface area contributed by atoms with E-state index in [0.29, 0.717) is 30.0 Å². The quantitative estimate of drug-likeness (QED) is 0.508. The number of carbonyl (C=O) groups is 2. The molecule has 1 unspecified atom stereocenters. The molecule has 186 valence electrons. The highest BCUT2D eigenvalue weighted by Crippen LogP contribution is 2.48. The summed E-state index contributed by atoms with van der Waals surface area (Å²) in [6.45, 7) is 3.35. The number of hydrogen-bond acceptors (Lipinski definition) is 6. The first-order chi connectivity index (χ1) is 17.3. The molecule has 2 heterocycles. The van der Waals surface area contributed by atoms with Crippen molar-refractivity contribution in [3.05, 3.63) is 89.0 Å². The largest absolute Gasteiger partial charge is 0.493 e. The summed E-state index contributed by atoms with van der Waals surface area (Å²) in [5.74, 6) is -3.15. The van der Waals surface area contributed by atoms with Gasteiger partial charge in [0.25, 0.3) is 11.8 Å². The second kappa shape index (κ2) is 9.73. The van der Waals surface area contributed by atoms with E-state index in [-0.39, 0.29) is 37.3 Å². The normalized spacial score (nSPS) is 19.3. The molecule has 2 aromatic carbocycles. The van der Waals surface area contributed by atoms with Gasteiger partial charge in [0.05, 0.1) is 30.7 Å². The Morgan fingerprint density at radius 3 is 2.58 bits per heavy atom. The van der Waals surface area contributed by atoms with Crippen LogP contribution in [0.3, 0.4) is 0 Å². The number of ketones is 1. The second-order valence-corrected chi connectivity index (χ2v) is 9.42. The number of hydrogen-bond donors (Lipinski definition) is 1. The Balaban J connectivity index is 1.17. The van der Waals surface area contributed by atoms with Gasteiger partial charge in [0.1, 0.15) is 12.1 Å². The van der Waals surface area contributed by atoms with Crippen molar-refractivity contribution < 1.29 is 23.1 Å². The molecule has 0 saturated heterocycles. The standard InChI is InChI=1S/C27H26F2N4O3/c1-17(32-26(35)21-10-30-16-31-11-21)19-4-2-18(3-5-19)12-33-13-20-6-7-23(8-24(20)25(34)14-33)36-15-22-9-27(22,28)29/h2-8,10-11,16-17,22H,9,12-15H2,1H3,(H,32,35)/t17-,22?/m0/s1. The van der Waals surface area contributed by atoms with E-state index in [9.17, 15) is 18.4 Å². The van der Waals surface area contributed by atoms with Crippen molar-refractivity contribution >= 4 is 11.7 Å². The fourth-order valence-electron chi connectivity index (χ4n) is 4.34. The molecule has 2 aliphatic rings. The topological polar surface area (TPSA) is 84.4 Å². The number of ether oxygens (including phenoxy) is 1. The first kappa shape index (κ1) is 24.0. The van der Waals surface area contributed by atoms with Gasteiger partial charge in [0.2, 0.25) is 0 Å². The molecule has 1 aliphatic carbocycles. The molecule has 1 fully saturated rings. The third kappa shape index (κ3) is 5.41. The van der Waals surface area contributed by atoms with Gasteiger partial charge in [-0.25, -0.2) is 18.7 Å². The van der Waals surface area contributed by atoms with Gasteiger partial charge in [0, 0.05) is 37.5 Å². The summed E-state index contributed by atoms with van der Waals surface area (Å²) >= 11 is 0. The Hall–Kier alpha value is -3.72. The van der Waals surface area contributed by atoms with Crippen molar-refractivity contribution in [3.63, 3.8) is 0 Å². The monoisotopic (exact) mass is 492 g/mol. The van der Waals surface area contributed by atoms with E-state index in [2.05, 4.69) is 20.2 Å². The summed E-state index contributed by atoms with van der Waals surface area (Å²) in [6, 6.07) is 13.0. The maximum Gasteiger partial charge on any atom is 0.255 e. The summed E-state index contributed by atoms with van der Waals surface area (Å²) in [5.41, 5.74) is 3.90. The van der Waals surface area contributed by atoms with E-state index < -0.39 is 11.8 Å². The van der Waals surface area contributed by atoms with Gasteiger partial charge >= 0.3 is 0 Å². The third-order valence-corrected chi connectivity index (χ3v) is 6.61. The molecule has 7 nitrogen and oxygen atoms in total. The minimum absolute atomic E-state index is 0.0173. The van der Waals surface area contributed by atoms with Gasteiger partial charge in [-0.3, -0.25) is 14.5 Å². The van der Waals surface area contributed by atoms with Gasteiger partial charge in [-0.2, -0.15) is 0 Å². The average Bonchev–Trinajstić information content (AvgIpc) is 3.50. The smallest absolute Gasteiger partial charge is 0.255 e. The fourth-order valence-corrected chi connectivity index (χ4v) is 4.34. The van der Waals surface area contributed by atoms with Crippen LogP contribution in [-0.4, -0.2) is 45.6 Å². The predicted octanol–water partition coefficient (Wildman–Crippen LogP) is 4.20. The van der Waals surface area contributed by atoms with Crippen LogP contribution in [0, 0.1) is 5.92 Å². The van der Waals surface area contributed by atoms with Crippen LogP contribution in [0.2, 0.25) is 0 Å². The molecule has 1 aromatic heterocycles. The molecular weight excluding hydrogens is 466 g/mol. The van der Waals surface area contributed by atoms with Gasteiger partial charge in [-0.15, -0.1) is 0 Å². The third-order valence-electron chi connectivity index (χ3n) is 6.61. The van der Waals surface area contributed by atoms with Crippen LogP contribution in [-0.2, 0) is 13.1 Å². The highest BCUT2D eigenvalue weighted by Gasteiger charge is 2.57. The summed E-state index contributed by atoms with van der Waals surface area (Å²) in [5, 5.41) is 2.94. The van der Waals surface area contributed by atoms with Gasteiger partial charge in [-0.05, 0) is 35.7 Å². The molecule has 0 radical (unpaired) electrons. The lowest BCUT2D eigenvalue weighted by Gasteiger charge is -2.28. The van der Waals surface area contributed by atoms with Gasteiger partial charge in [-0.1, -0.05) is 30.3 Å². The van der Waals surface area contributed by atoms with Crippen LogP contribution in [0.15, 0.2) is 61.2 Å². The number of alkyl halides is 2. The summed E-state index contributed by atoms with van der Waals surface area (Å²) in [6.07, 6.45) is 4.18. The Bertz CT molecular complexity index is 1270. The SMILES string of the molecule is C[C@H](NC(=O)c1cncnc1)c1ccc(CN2CC(=O)c3cc(OCC4CC4(F)F)ccc3C2)cc1. The number of nitrogens with one attached hydrogen (secondary N) is 1. The van der Waals surface area contributed by atoms with Crippen molar-refractivity contribution in [1.82, 2.24) is 20.2 Å². The first-order valence-electron chi connectivity index (χ1n) is 11.8. The molecule has 9 heteroatoms. The van der Waals surface area contributed by atoms with Crippen LogP contribution in [0.5, 0.6) is 5.75 Å². The van der Waals surface area contributed by atoms with Crippen LogP contribution in [0.4, 0.5) is 8.78 Å². The van der Waals surface area contributed by atoms with Crippen LogP contribution >= 0.6 is 0 Å². The Morgan fingerprint density at radius 2 is 1.89 bits per heavy atom. The Morgan fingerprint density at radius 1 is 1.17 bits per heavy atom. The molecule has 0 spiro atoms. The Kier molecular flexibility index (Phi) is 6.49. The van der Waals surface area contributed by atoms with E-state index >= 15 is 0 Å².